The van der Waals surface area contributed by atoms with Crippen LogP contribution in [0.3, 0.4) is 0 Å². The average molecular weight is 1070 g/mol. The molecule has 78 heavy (non-hydrogen) atoms. The number of ether oxygens (including phenoxy) is 2. The second kappa shape index (κ2) is 21.3. The highest BCUT2D eigenvalue weighted by molar-refractivity contribution is 5.93. The molecule has 2 fully saturated rings. The number of hydrogen-bond donors (Lipinski definition) is 11. The number of phenolic OH excluding ortho intramolecular Hbond substituents is 2. The number of allylic oxidation sites excluding steroid dienone is 5. The maximum atomic E-state index is 15.4. The largest absolute Gasteiger partial charge is 0.508 e. The maximum Gasteiger partial charge on any atom is 0.337 e. The van der Waals surface area contributed by atoms with Gasteiger partial charge in [-0.3, -0.25) is 10.1 Å². The van der Waals surface area contributed by atoms with E-state index < -0.39 is 71.5 Å². The van der Waals surface area contributed by atoms with Gasteiger partial charge in [-0.1, -0.05) is 49.4 Å². The molecule has 16 nitrogen and oxygen atoms in total. The smallest absolute Gasteiger partial charge is 0.337 e. The van der Waals surface area contributed by atoms with Crippen LogP contribution in [0.2, 0.25) is 0 Å². The lowest BCUT2D eigenvalue weighted by atomic mass is 9.61. The van der Waals surface area contributed by atoms with E-state index in [1.807, 2.05) is 37.3 Å². The van der Waals surface area contributed by atoms with Crippen LogP contribution in [0.1, 0.15) is 142 Å². The number of fused-ring (bicyclic) bond motifs is 9. The van der Waals surface area contributed by atoms with Crippen LogP contribution in [0.5, 0.6) is 17.2 Å². The van der Waals surface area contributed by atoms with E-state index in [0.717, 1.165) is 46.0 Å². The van der Waals surface area contributed by atoms with Crippen LogP contribution in [0.25, 0.3) is 11.0 Å². The first-order valence-electron chi connectivity index (χ1n) is 28.0. The number of rotatable bonds is 12. The third-order valence-electron chi connectivity index (χ3n) is 18.6. The fourth-order valence-corrected chi connectivity index (χ4v) is 14.9. The number of aryl methyl sites for hydroxylation is 1. The summed E-state index contributed by atoms with van der Waals surface area (Å²) in [6.45, 7) is 5.75. The van der Waals surface area contributed by atoms with E-state index in [0.29, 0.717) is 74.9 Å². The van der Waals surface area contributed by atoms with Gasteiger partial charge in [0.15, 0.2) is 5.43 Å². The first-order chi connectivity index (χ1) is 37.6. The number of nitrogens with one attached hydrogen (secondary N) is 3. The second-order valence-electron chi connectivity index (χ2n) is 22.9. The lowest BCUT2D eigenvalue weighted by Gasteiger charge is -2.52. The molecule has 3 aliphatic carbocycles. The van der Waals surface area contributed by atoms with Crippen molar-refractivity contribution < 1.29 is 54.4 Å². The van der Waals surface area contributed by atoms with Crippen molar-refractivity contribution in [2.45, 2.75) is 145 Å². The van der Waals surface area contributed by atoms with Gasteiger partial charge in [0.2, 0.25) is 0 Å². The van der Waals surface area contributed by atoms with Gasteiger partial charge < -0.3 is 66.0 Å². The molecule has 4 aliphatic heterocycles. The summed E-state index contributed by atoms with van der Waals surface area (Å²) >= 11 is 0. The van der Waals surface area contributed by atoms with Crippen LogP contribution in [-0.4, -0.2) is 91.5 Å². The predicted molar refractivity (Wildman–Crippen MR) is 293 cm³/mol. The Morgan fingerprint density at radius 3 is 2.65 bits per heavy atom. The van der Waals surface area contributed by atoms with Gasteiger partial charge in [-0.05, 0) is 165 Å². The molecular weight excluding hydrogens is 993 g/mol. The number of hydrogen-bond acceptors (Lipinski definition) is 16. The number of phenols is 2. The molecule has 12 N–H and O–H groups in total. The summed E-state index contributed by atoms with van der Waals surface area (Å²) in [7, 11) is 0. The first-order valence-corrected chi connectivity index (χ1v) is 28.0. The first kappa shape index (κ1) is 53.6. The summed E-state index contributed by atoms with van der Waals surface area (Å²) in [5.74, 6) is -3.31. The molecule has 414 valence electrons. The SMILES string of the molecule is CC=C(C(=O)OC1Cc2c3c(c4oc(CO)cc(=O)c4c2O)C2C4=CCNC(N)=C4C(CCc4ccc(O)cc4C2CO)C2CCC4=CC(NCC)NC=C4CC2C1(C)O3)C1(O)CCC(c2cccc(C(O)CCCO)c2)C1. The Morgan fingerprint density at radius 2 is 1.88 bits per heavy atom. The summed E-state index contributed by atoms with van der Waals surface area (Å²) in [5.41, 5.74) is 11.4. The molecular formula is C62H74N4O12. The molecule has 11 unspecified atom stereocenters. The molecule has 16 heteroatoms. The molecule has 4 aromatic rings. The molecule has 0 radical (unpaired) electrons. The molecule has 1 aromatic heterocycles. The molecule has 4 bridgehead atoms. The summed E-state index contributed by atoms with van der Waals surface area (Å²) in [6, 6.07) is 14.0. The Kier molecular flexibility index (Phi) is 14.7. The van der Waals surface area contributed by atoms with Crippen LogP contribution in [0.4, 0.5) is 0 Å². The van der Waals surface area contributed by atoms with Crippen LogP contribution in [0, 0.1) is 17.8 Å². The number of aliphatic hydroxyl groups is 5. The molecule has 7 aliphatic rings. The number of carbonyl (C=O) groups excluding carboxylic acids is 1. The van der Waals surface area contributed by atoms with Gasteiger partial charge in [-0.15, -0.1) is 0 Å². The van der Waals surface area contributed by atoms with Crippen LogP contribution in [-0.2, 0) is 29.0 Å². The highest BCUT2D eigenvalue weighted by Crippen LogP contribution is 2.61. The van der Waals surface area contributed by atoms with Crippen molar-refractivity contribution in [2.24, 2.45) is 23.5 Å². The van der Waals surface area contributed by atoms with Gasteiger partial charge in [0, 0.05) is 60.7 Å². The molecule has 0 spiro atoms. The van der Waals surface area contributed by atoms with Crippen molar-refractivity contribution in [3.8, 4) is 17.2 Å². The number of nitrogens with two attached hydrogens (primary N) is 1. The van der Waals surface area contributed by atoms with Gasteiger partial charge in [-0.25, -0.2) is 4.79 Å². The Balaban J connectivity index is 1.11. The molecule has 0 amide bonds. The summed E-state index contributed by atoms with van der Waals surface area (Å²) in [6.07, 6.45) is 10.8. The number of aromatic hydroxyl groups is 2. The van der Waals surface area contributed by atoms with Crippen LogP contribution in [0.15, 0.2) is 116 Å². The zero-order valence-corrected chi connectivity index (χ0v) is 44.7. The van der Waals surface area contributed by atoms with E-state index in [4.69, 9.17) is 19.6 Å². The van der Waals surface area contributed by atoms with E-state index in [2.05, 4.69) is 41.2 Å². The quantitative estimate of drug-likeness (QED) is 0.0524. The van der Waals surface area contributed by atoms with E-state index in [9.17, 15) is 40.5 Å². The molecule has 3 aromatic carbocycles. The topological polar surface area (TPSA) is 269 Å². The van der Waals surface area contributed by atoms with Gasteiger partial charge in [0.25, 0.3) is 0 Å². The van der Waals surface area contributed by atoms with Gasteiger partial charge in [0.05, 0.1) is 30.1 Å². The number of aliphatic hydroxyl groups excluding tert-OH is 4. The van der Waals surface area contributed by atoms with Crippen molar-refractivity contribution in [1.82, 2.24) is 16.0 Å². The number of esters is 1. The predicted octanol–water partition coefficient (Wildman–Crippen LogP) is 6.65. The monoisotopic (exact) mass is 1070 g/mol. The lowest BCUT2D eigenvalue weighted by Crippen LogP contribution is -2.59. The molecule has 2 saturated carbocycles. The Hall–Kier alpha value is -6.40. The van der Waals surface area contributed by atoms with E-state index >= 15 is 4.79 Å². The van der Waals surface area contributed by atoms with Gasteiger partial charge >= 0.3 is 5.97 Å². The van der Waals surface area contributed by atoms with Crippen molar-refractivity contribution in [3.63, 3.8) is 0 Å². The normalized spacial score (nSPS) is 29.7. The van der Waals surface area contributed by atoms with Gasteiger partial charge in [0.1, 0.15) is 58.1 Å². The third kappa shape index (κ3) is 9.21. The van der Waals surface area contributed by atoms with Crippen LogP contribution < -0.4 is 31.8 Å². The standard InChI is InChI=1S/C62H74N4O12/c1-4-46(62(75)19-17-36(28-62)33-8-6-9-35(22-33)48(71)10-7-21-67)60(74)77-50-27-44-56(73)54-49(72)26-39(30-68)76-58(54)55-52-42-18-20-65-59(63)53(42)41(16-12-32-11-14-38(70)25-43(32)45(52)31-69)40-15-13-34-24-51(64-5-2)66-29-37(34)23-47(40)61(50,3)78-57(44)55/h4,6,8-9,11,14,18,22,24-26,29,36,40-41,45,47-48,50-52,64-71,73,75H,5,7,10,12-13,15-17,19-21,23,27-28,30-31,63H2,1-3H3. The number of carbonyl (C=O) groups is 1. The minimum absolute atomic E-state index is 0.0101. The van der Waals surface area contributed by atoms with Gasteiger partial charge in [-0.2, -0.15) is 0 Å². The zero-order chi connectivity index (χ0) is 54.8. The van der Waals surface area contributed by atoms with Crippen molar-refractivity contribution in [2.75, 3.05) is 26.3 Å². The highest BCUT2D eigenvalue weighted by Gasteiger charge is 2.58. The zero-order valence-electron chi connectivity index (χ0n) is 44.7. The Bertz CT molecular complexity index is 3250. The average Bonchev–Trinajstić information content (AvgIpc) is 3.89. The summed E-state index contributed by atoms with van der Waals surface area (Å²) in [5, 5.41) is 89.9. The van der Waals surface area contributed by atoms with Crippen molar-refractivity contribution in [1.29, 1.82) is 0 Å². The van der Waals surface area contributed by atoms with E-state index in [1.165, 1.54) is 5.57 Å². The van der Waals surface area contributed by atoms with Crippen molar-refractivity contribution in [3.05, 3.63) is 156 Å². The van der Waals surface area contributed by atoms with Crippen LogP contribution >= 0.6 is 0 Å². The van der Waals surface area contributed by atoms with E-state index in [1.54, 1.807) is 25.1 Å². The summed E-state index contributed by atoms with van der Waals surface area (Å²) in [4.78, 5) is 30.0. The third-order valence-corrected chi connectivity index (χ3v) is 18.6. The molecule has 5 heterocycles. The second-order valence-corrected chi connectivity index (χ2v) is 22.9. The Labute approximate surface area is 454 Å². The Morgan fingerprint density at radius 1 is 1.05 bits per heavy atom. The van der Waals surface area contributed by atoms with E-state index in [-0.39, 0.29) is 89.2 Å². The fraction of sp³-hybridized carbons (Fsp3) is 0.484. The van der Waals surface area contributed by atoms with Crippen molar-refractivity contribution >= 4 is 16.9 Å². The highest BCUT2D eigenvalue weighted by atomic mass is 16.6. The molecule has 11 rings (SSSR count). The lowest BCUT2D eigenvalue weighted by molar-refractivity contribution is -0.171. The number of dihydropyridines is 2. The molecule has 0 saturated heterocycles. The minimum Gasteiger partial charge on any atom is -0.508 e. The minimum atomic E-state index is -1.59. The number of likely N-dealkylation sites (N-methyl/N-ethyl adjacent to an activating group) is 1. The maximum absolute atomic E-state index is 15.4. The number of benzene rings is 3. The fourth-order valence-electron chi connectivity index (χ4n) is 14.9. The molecule has 11 atom stereocenters. The summed E-state index contributed by atoms with van der Waals surface area (Å²) < 4.78 is 21.3.